The lowest BCUT2D eigenvalue weighted by Gasteiger charge is -2.17. The van der Waals surface area contributed by atoms with Crippen molar-refractivity contribution in [1.29, 1.82) is 0 Å². The van der Waals surface area contributed by atoms with Crippen molar-refractivity contribution < 1.29 is 9.59 Å². The third-order valence-corrected chi connectivity index (χ3v) is 4.81. The maximum absolute atomic E-state index is 12.4. The molecule has 24 heavy (non-hydrogen) atoms. The normalized spacial score (nSPS) is 17.2. The number of anilines is 2. The van der Waals surface area contributed by atoms with Crippen molar-refractivity contribution in [3.63, 3.8) is 0 Å². The van der Waals surface area contributed by atoms with E-state index >= 15 is 0 Å². The molecule has 124 valence electrons. The van der Waals surface area contributed by atoms with Crippen LogP contribution in [0.3, 0.4) is 0 Å². The van der Waals surface area contributed by atoms with Crippen LogP contribution in [0.25, 0.3) is 0 Å². The third-order valence-electron chi connectivity index (χ3n) is 3.82. The number of carbonyl (C=O) groups excluding carboxylic acids is 2. The molecule has 1 unspecified atom stereocenters. The number of hydrogen-bond donors (Lipinski definition) is 1. The van der Waals surface area contributed by atoms with Crippen LogP contribution in [-0.2, 0) is 9.59 Å². The fraction of sp³-hybridized carbons (Fsp3) is 0.176. The first-order chi connectivity index (χ1) is 11.4. The number of carbonyl (C=O) groups is 2. The maximum Gasteiger partial charge on any atom is 0.229 e. The Kier molecular flexibility index (Phi) is 4.99. The van der Waals surface area contributed by atoms with Gasteiger partial charge in [0.05, 0.1) is 16.0 Å². The molecule has 1 N–H and O–H groups in total. The molecule has 4 nitrogen and oxygen atoms in total. The van der Waals surface area contributed by atoms with E-state index in [0.717, 1.165) is 0 Å². The summed E-state index contributed by atoms with van der Waals surface area (Å²) in [6, 6.07) is 11.8. The first kappa shape index (κ1) is 17.1. The Balaban J connectivity index is 1.70. The highest BCUT2D eigenvalue weighted by atomic mass is 35.5. The number of nitrogens with one attached hydrogen (secondary N) is 1. The Hall–Kier alpha value is -1.75. The predicted octanol–water partition coefficient (Wildman–Crippen LogP) is 4.64. The lowest BCUT2D eigenvalue weighted by Crippen LogP contribution is -2.28. The molecule has 0 saturated carbocycles. The summed E-state index contributed by atoms with van der Waals surface area (Å²) in [4.78, 5) is 26.2. The van der Waals surface area contributed by atoms with Crippen LogP contribution in [-0.4, -0.2) is 18.4 Å². The molecule has 0 bridgehead atoms. The number of halogens is 3. The molecule has 1 fully saturated rings. The molecule has 1 saturated heterocycles. The monoisotopic (exact) mass is 382 g/mol. The summed E-state index contributed by atoms with van der Waals surface area (Å²) >= 11 is 17.7. The minimum absolute atomic E-state index is 0.121. The van der Waals surface area contributed by atoms with E-state index in [4.69, 9.17) is 34.8 Å². The molecular weight excluding hydrogens is 371 g/mol. The highest BCUT2D eigenvalue weighted by Gasteiger charge is 2.35. The van der Waals surface area contributed by atoms with Crippen molar-refractivity contribution in [2.75, 3.05) is 16.8 Å². The highest BCUT2D eigenvalue weighted by molar-refractivity contribution is 6.42. The number of hydrogen-bond acceptors (Lipinski definition) is 2. The maximum atomic E-state index is 12.4. The Morgan fingerprint density at radius 1 is 1.04 bits per heavy atom. The molecule has 7 heteroatoms. The molecule has 2 amide bonds. The Bertz CT molecular complexity index is 793. The van der Waals surface area contributed by atoms with Crippen molar-refractivity contribution in [2.45, 2.75) is 6.42 Å². The van der Waals surface area contributed by atoms with E-state index in [1.54, 1.807) is 47.4 Å². The molecule has 1 atom stereocenters. The van der Waals surface area contributed by atoms with Crippen molar-refractivity contribution in [3.8, 4) is 0 Å². The molecule has 0 aliphatic carbocycles. The van der Waals surface area contributed by atoms with Crippen LogP contribution >= 0.6 is 34.8 Å². The number of amides is 2. The third kappa shape index (κ3) is 3.66. The first-order valence-corrected chi connectivity index (χ1v) is 8.39. The zero-order valence-electron chi connectivity index (χ0n) is 12.4. The summed E-state index contributed by atoms with van der Waals surface area (Å²) in [6.45, 7) is 0.302. The van der Waals surface area contributed by atoms with Gasteiger partial charge in [-0.2, -0.15) is 0 Å². The number of nitrogens with zero attached hydrogens (tertiary/aromatic N) is 1. The molecule has 0 aromatic heterocycles. The SMILES string of the molecule is O=C(Nc1ccc(Cl)cc1)C1CC(=O)N(c2ccc(Cl)c(Cl)c2)C1. The minimum atomic E-state index is -0.428. The summed E-state index contributed by atoms with van der Waals surface area (Å²) in [6.07, 6.45) is 0.152. The van der Waals surface area contributed by atoms with E-state index in [1.165, 1.54) is 0 Å². The van der Waals surface area contributed by atoms with Gasteiger partial charge in [-0.3, -0.25) is 9.59 Å². The predicted molar refractivity (Wildman–Crippen MR) is 97.0 cm³/mol. The van der Waals surface area contributed by atoms with E-state index in [0.29, 0.717) is 33.0 Å². The van der Waals surface area contributed by atoms with E-state index < -0.39 is 5.92 Å². The lowest BCUT2D eigenvalue weighted by molar-refractivity contribution is -0.122. The van der Waals surface area contributed by atoms with Crippen LogP contribution in [0.15, 0.2) is 42.5 Å². The smallest absolute Gasteiger partial charge is 0.229 e. The van der Waals surface area contributed by atoms with Crippen LogP contribution < -0.4 is 10.2 Å². The number of rotatable bonds is 3. The Labute approximate surface area is 154 Å². The van der Waals surface area contributed by atoms with Gasteiger partial charge in [0, 0.05) is 29.4 Å². The van der Waals surface area contributed by atoms with E-state index in [2.05, 4.69) is 5.32 Å². The van der Waals surface area contributed by atoms with Crippen molar-refractivity contribution in [2.24, 2.45) is 5.92 Å². The molecular formula is C17H13Cl3N2O2. The average molecular weight is 384 g/mol. The van der Waals surface area contributed by atoms with Gasteiger partial charge in [-0.15, -0.1) is 0 Å². The topological polar surface area (TPSA) is 49.4 Å². The summed E-state index contributed by atoms with van der Waals surface area (Å²) in [7, 11) is 0. The van der Waals surface area contributed by atoms with Crippen LogP contribution in [0.5, 0.6) is 0 Å². The second kappa shape index (κ2) is 7.01. The van der Waals surface area contributed by atoms with Gasteiger partial charge in [-0.1, -0.05) is 34.8 Å². The first-order valence-electron chi connectivity index (χ1n) is 7.26. The van der Waals surface area contributed by atoms with Crippen LogP contribution in [0, 0.1) is 5.92 Å². The highest BCUT2D eigenvalue weighted by Crippen LogP contribution is 2.31. The fourth-order valence-electron chi connectivity index (χ4n) is 2.56. The fourth-order valence-corrected chi connectivity index (χ4v) is 2.98. The van der Waals surface area contributed by atoms with Gasteiger partial charge < -0.3 is 10.2 Å². The lowest BCUT2D eigenvalue weighted by atomic mass is 10.1. The molecule has 0 spiro atoms. The molecule has 1 aliphatic rings. The van der Waals surface area contributed by atoms with Crippen molar-refractivity contribution in [3.05, 3.63) is 57.5 Å². The van der Waals surface area contributed by atoms with Crippen LogP contribution in [0.1, 0.15) is 6.42 Å². The molecule has 2 aromatic rings. The largest absolute Gasteiger partial charge is 0.326 e. The van der Waals surface area contributed by atoms with Crippen molar-refractivity contribution >= 4 is 58.0 Å². The molecule has 0 radical (unpaired) electrons. The van der Waals surface area contributed by atoms with Crippen molar-refractivity contribution in [1.82, 2.24) is 0 Å². The standard InChI is InChI=1S/C17H13Cl3N2O2/c18-11-1-3-12(4-2-11)21-17(24)10-7-16(23)22(9-10)13-5-6-14(19)15(20)8-13/h1-6,8,10H,7,9H2,(H,21,24). The Morgan fingerprint density at radius 2 is 1.75 bits per heavy atom. The second-order valence-corrected chi connectivity index (χ2v) is 6.75. The summed E-state index contributed by atoms with van der Waals surface area (Å²) in [5, 5.41) is 4.18. The summed E-state index contributed by atoms with van der Waals surface area (Å²) in [5.74, 6) is -0.750. The number of benzene rings is 2. The van der Waals surface area contributed by atoms with Crippen LogP contribution in [0.4, 0.5) is 11.4 Å². The second-order valence-electron chi connectivity index (χ2n) is 5.50. The average Bonchev–Trinajstić information content (AvgIpc) is 2.94. The van der Waals surface area contributed by atoms with Gasteiger partial charge in [0.2, 0.25) is 11.8 Å². The zero-order chi connectivity index (χ0) is 17.3. The van der Waals surface area contributed by atoms with Gasteiger partial charge >= 0.3 is 0 Å². The van der Waals surface area contributed by atoms with E-state index in [-0.39, 0.29) is 18.2 Å². The van der Waals surface area contributed by atoms with Gasteiger partial charge in [0.25, 0.3) is 0 Å². The molecule has 2 aromatic carbocycles. The molecule has 3 rings (SSSR count). The van der Waals surface area contributed by atoms with Gasteiger partial charge in [-0.05, 0) is 42.5 Å². The Morgan fingerprint density at radius 3 is 2.42 bits per heavy atom. The quantitative estimate of drug-likeness (QED) is 0.839. The van der Waals surface area contributed by atoms with E-state index in [1.807, 2.05) is 0 Å². The zero-order valence-corrected chi connectivity index (χ0v) is 14.7. The van der Waals surface area contributed by atoms with Gasteiger partial charge in [0.15, 0.2) is 0 Å². The molecule has 1 heterocycles. The molecule has 1 aliphatic heterocycles. The van der Waals surface area contributed by atoms with Gasteiger partial charge in [-0.25, -0.2) is 0 Å². The van der Waals surface area contributed by atoms with Gasteiger partial charge in [0.1, 0.15) is 0 Å². The minimum Gasteiger partial charge on any atom is -0.326 e. The van der Waals surface area contributed by atoms with E-state index in [9.17, 15) is 9.59 Å². The summed E-state index contributed by atoms with van der Waals surface area (Å²) < 4.78 is 0. The van der Waals surface area contributed by atoms with Crippen LogP contribution in [0.2, 0.25) is 15.1 Å². The summed E-state index contributed by atoms with van der Waals surface area (Å²) in [5.41, 5.74) is 1.28.